The van der Waals surface area contributed by atoms with Gasteiger partial charge in [-0.1, -0.05) is 17.7 Å². The first-order valence-corrected chi connectivity index (χ1v) is 6.19. The SMILES string of the molecule is Cc1cc(Cl)nc(NC(=O)c2cccc(OC(F)F)c2)n1. The summed E-state index contributed by atoms with van der Waals surface area (Å²) in [7, 11) is 0. The van der Waals surface area contributed by atoms with Gasteiger partial charge >= 0.3 is 6.61 Å². The molecule has 0 spiro atoms. The zero-order valence-electron chi connectivity index (χ0n) is 10.8. The zero-order valence-corrected chi connectivity index (χ0v) is 11.6. The molecule has 8 heteroatoms. The molecule has 110 valence electrons. The lowest BCUT2D eigenvalue weighted by molar-refractivity contribution is -0.0498. The number of ether oxygens (including phenoxy) is 1. The van der Waals surface area contributed by atoms with Crippen molar-refractivity contribution in [2.45, 2.75) is 13.5 Å². The lowest BCUT2D eigenvalue weighted by atomic mass is 10.2. The number of anilines is 1. The molecule has 2 rings (SSSR count). The van der Waals surface area contributed by atoms with Crippen molar-refractivity contribution >= 4 is 23.5 Å². The number of aryl methyl sites for hydroxylation is 1. The van der Waals surface area contributed by atoms with E-state index in [4.69, 9.17) is 11.6 Å². The highest BCUT2D eigenvalue weighted by Gasteiger charge is 2.11. The third-order valence-electron chi connectivity index (χ3n) is 2.37. The molecule has 1 amide bonds. The molecule has 0 aliphatic carbocycles. The average Bonchev–Trinajstić information content (AvgIpc) is 2.36. The van der Waals surface area contributed by atoms with Gasteiger partial charge in [0.05, 0.1) is 0 Å². The number of halogens is 3. The molecular formula is C13H10ClF2N3O2. The van der Waals surface area contributed by atoms with Crippen molar-refractivity contribution in [2.75, 3.05) is 5.32 Å². The summed E-state index contributed by atoms with van der Waals surface area (Å²) in [6, 6.07) is 6.93. The van der Waals surface area contributed by atoms with Crippen molar-refractivity contribution in [3.8, 4) is 5.75 Å². The van der Waals surface area contributed by atoms with Crippen LogP contribution in [0.3, 0.4) is 0 Å². The normalized spacial score (nSPS) is 10.5. The van der Waals surface area contributed by atoms with Crippen molar-refractivity contribution < 1.29 is 18.3 Å². The van der Waals surface area contributed by atoms with Gasteiger partial charge in [-0.2, -0.15) is 8.78 Å². The highest BCUT2D eigenvalue weighted by molar-refractivity contribution is 6.29. The number of benzene rings is 1. The Morgan fingerprint density at radius 3 is 2.76 bits per heavy atom. The Balaban J connectivity index is 2.16. The quantitative estimate of drug-likeness (QED) is 0.880. The van der Waals surface area contributed by atoms with E-state index in [-0.39, 0.29) is 22.4 Å². The van der Waals surface area contributed by atoms with Crippen molar-refractivity contribution in [1.82, 2.24) is 9.97 Å². The van der Waals surface area contributed by atoms with E-state index in [1.54, 1.807) is 6.92 Å². The molecule has 1 N–H and O–H groups in total. The van der Waals surface area contributed by atoms with Gasteiger partial charge in [0.25, 0.3) is 5.91 Å². The van der Waals surface area contributed by atoms with Crippen LogP contribution in [0.15, 0.2) is 30.3 Å². The van der Waals surface area contributed by atoms with Crippen LogP contribution in [0, 0.1) is 6.92 Å². The minimum atomic E-state index is -2.96. The third-order valence-corrected chi connectivity index (χ3v) is 2.56. The Hall–Kier alpha value is -2.28. The Morgan fingerprint density at radius 2 is 2.10 bits per heavy atom. The summed E-state index contributed by atoms with van der Waals surface area (Å²) in [4.78, 5) is 19.8. The van der Waals surface area contributed by atoms with Gasteiger partial charge in [-0.3, -0.25) is 10.1 Å². The summed E-state index contributed by atoms with van der Waals surface area (Å²) in [6.45, 7) is -1.26. The molecule has 0 fully saturated rings. The second kappa shape index (κ2) is 6.45. The smallest absolute Gasteiger partial charge is 0.387 e. The standard InChI is InChI=1S/C13H10ClF2N3O2/c1-7-5-10(14)18-13(17-7)19-11(20)8-3-2-4-9(6-8)21-12(15)16/h2-6,12H,1H3,(H,17,18,19,20). The number of alkyl halides is 2. The minimum Gasteiger partial charge on any atom is -0.435 e. The molecule has 0 saturated carbocycles. The molecule has 0 saturated heterocycles. The maximum atomic E-state index is 12.1. The lowest BCUT2D eigenvalue weighted by Gasteiger charge is -2.07. The lowest BCUT2D eigenvalue weighted by Crippen LogP contribution is -2.15. The highest BCUT2D eigenvalue weighted by Crippen LogP contribution is 2.17. The van der Waals surface area contributed by atoms with E-state index in [0.29, 0.717) is 5.69 Å². The maximum Gasteiger partial charge on any atom is 0.387 e. The number of hydrogen-bond donors (Lipinski definition) is 1. The topological polar surface area (TPSA) is 64.1 Å². The van der Waals surface area contributed by atoms with Crippen LogP contribution in [-0.4, -0.2) is 22.5 Å². The van der Waals surface area contributed by atoms with Gasteiger partial charge in [0.1, 0.15) is 10.9 Å². The van der Waals surface area contributed by atoms with Gasteiger partial charge in [0.2, 0.25) is 5.95 Å². The Kier molecular flexibility index (Phi) is 4.64. The predicted octanol–water partition coefficient (Wildman–Crippen LogP) is 3.29. The Labute approximate surface area is 123 Å². The van der Waals surface area contributed by atoms with Crippen LogP contribution in [-0.2, 0) is 0 Å². The van der Waals surface area contributed by atoms with E-state index in [2.05, 4.69) is 20.0 Å². The number of aromatic nitrogens is 2. The molecule has 0 atom stereocenters. The zero-order chi connectivity index (χ0) is 15.4. The molecule has 0 radical (unpaired) electrons. The number of nitrogens with one attached hydrogen (secondary N) is 1. The van der Waals surface area contributed by atoms with Crippen molar-refractivity contribution in [2.24, 2.45) is 0 Å². The van der Waals surface area contributed by atoms with Crippen LogP contribution < -0.4 is 10.1 Å². The number of hydrogen-bond acceptors (Lipinski definition) is 4. The van der Waals surface area contributed by atoms with Crippen LogP contribution in [0.2, 0.25) is 5.15 Å². The van der Waals surface area contributed by atoms with E-state index in [1.165, 1.54) is 30.3 Å². The second-order valence-electron chi connectivity index (χ2n) is 4.02. The molecule has 0 aliphatic heterocycles. The Morgan fingerprint density at radius 1 is 1.33 bits per heavy atom. The summed E-state index contributed by atoms with van der Waals surface area (Å²) in [6.07, 6.45) is 0. The monoisotopic (exact) mass is 313 g/mol. The van der Waals surface area contributed by atoms with Crippen LogP contribution in [0.5, 0.6) is 5.75 Å². The van der Waals surface area contributed by atoms with Gasteiger partial charge in [-0.15, -0.1) is 0 Å². The van der Waals surface area contributed by atoms with E-state index in [0.717, 1.165) is 0 Å². The summed E-state index contributed by atoms with van der Waals surface area (Å²) < 4.78 is 28.5. The molecule has 21 heavy (non-hydrogen) atoms. The average molecular weight is 314 g/mol. The van der Waals surface area contributed by atoms with Crippen molar-refractivity contribution in [3.63, 3.8) is 0 Å². The number of carbonyl (C=O) groups is 1. The largest absolute Gasteiger partial charge is 0.435 e. The van der Waals surface area contributed by atoms with Gasteiger partial charge < -0.3 is 4.74 Å². The van der Waals surface area contributed by atoms with Gasteiger partial charge in [0, 0.05) is 11.3 Å². The molecule has 0 unspecified atom stereocenters. The first-order valence-electron chi connectivity index (χ1n) is 5.81. The van der Waals surface area contributed by atoms with Crippen molar-refractivity contribution in [1.29, 1.82) is 0 Å². The van der Waals surface area contributed by atoms with Gasteiger partial charge in [-0.05, 0) is 31.2 Å². The first-order chi connectivity index (χ1) is 9.94. The second-order valence-corrected chi connectivity index (χ2v) is 4.40. The number of rotatable bonds is 4. The van der Waals surface area contributed by atoms with Crippen LogP contribution >= 0.6 is 11.6 Å². The molecule has 1 heterocycles. The maximum absolute atomic E-state index is 12.1. The molecular weight excluding hydrogens is 304 g/mol. The fourth-order valence-corrected chi connectivity index (χ4v) is 1.81. The van der Waals surface area contributed by atoms with Crippen LogP contribution in [0.25, 0.3) is 0 Å². The van der Waals surface area contributed by atoms with Gasteiger partial charge in [-0.25, -0.2) is 9.97 Å². The number of carbonyl (C=O) groups excluding carboxylic acids is 1. The fourth-order valence-electron chi connectivity index (χ4n) is 1.57. The van der Waals surface area contributed by atoms with Crippen LogP contribution in [0.1, 0.15) is 16.1 Å². The summed E-state index contributed by atoms with van der Waals surface area (Å²) in [5.41, 5.74) is 0.717. The first kappa shape index (κ1) is 15.1. The summed E-state index contributed by atoms with van der Waals surface area (Å²) >= 11 is 5.76. The van der Waals surface area contributed by atoms with Gasteiger partial charge in [0.15, 0.2) is 0 Å². The number of nitrogens with zero attached hydrogens (tertiary/aromatic N) is 2. The summed E-state index contributed by atoms with van der Waals surface area (Å²) in [5.74, 6) is -0.637. The fraction of sp³-hybridized carbons (Fsp3) is 0.154. The van der Waals surface area contributed by atoms with Crippen LogP contribution in [0.4, 0.5) is 14.7 Å². The van der Waals surface area contributed by atoms with Crippen molar-refractivity contribution in [3.05, 3.63) is 46.7 Å². The van der Waals surface area contributed by atoms with E-state index >= 15 is 0 Å². The predicted molar refractivity (Wildman–Crippen MR) is 72.8 cm³/mol. The molecule has 2 aromatic rings. The van der Waals surface area contributed by atoms with E-state index in [1.807, 2.05) is 0 Å². The molecule has 0 aliphatic rings. The molecule has 5 nitrogen and oxygen atoms in total. The number of amides is 1. The minimum absolute atomic E-state index is 0.0326. The molecule has 1 aromatic heterocycles. The third kappa shape index (κ3) is 4.35. The molecule has 1 aromatic carbocycles. The summed E-state index contributed by atoms with van der Waals surface area (Å²) in [5, 5.41) is 2.62. The van der Waals surface area contributed by atoms with E-state index < -0.39 is 12.5 Å². The Bertz CT molecular complexity index is 647. The van der Waals surface area contributed by atoms with E-state index in [9.17, 15) is 13.6 Å². The highest BCUT2D eigenvalue weighted by atomic mass is 35.5. The molecule has 0 bridgehead atoms.